The molecule has 1 heterocycles. The van der Waals surface area contributed by atoms with Crippen molar-refractivity contribution in [2.75, 3.05) is 13.4 Å². The number of benzene rings is 1. The van der Waals surface area contributed by atoms with Crippen molar-refractivity contribution in [3.63, 3.8) is 0 Å². The van der Waals surface area contributed by atoms with Crippen LogP contribution in [0.1, 0.15) is 5.56 Å². The Hall–Kier alpha value is -1.64. The lowest BCUT2D eigenvalue weighted by molar-refractivity contribution is 0.215. The third-order valence-corrected chi connectivity index (χ3v) is 4.23. The van der Waals surface area contributed by atoms with E-state index in [0.717, 1.165) is 15.5 Å². The van der Waals surface area contributed by atoms with Gasteiger partial charge in [-0.1, -0.05) is 29.1 Å². The molecule has 0 saturated carbocycles. The van der Waals surface area contributed by atoms with Gasteiger partial charge in [0.1, 0.15) is 18.2 Å². The Balaban J connectivity index is 2.33. The predicted molar refractivity (Wildman–Crippen MR) is 81.9 cm³/mol. The Morgan fingerprint density at radius 2 is 2.05 bits per heavy atom. The van der Waals surface area contributed by atoms with Gasteiger partial charge in [-0.3, -0.25) is 0 Å². The molecule has 0 unspecified atom stereocenters. The molecule has 0 aromatic heterocycles. The fourth-order valence-electron chi connectivity index (χ4n) is 1.62. The van der Waals surface area contributed by atoms with E-state index in [4.69, 9.17) is 4.84 Å². The first-order chi connectivity index (χ1) is 9.28. The van der Waals surface area contributed by atoms with Crippen molar-refractivity contribution >= 4 is 34.1 Å². The zero-order valence-electron chi connectivity index (χ0n) is 10.6. The number of rotatable bonds is 3. The van der Waals surface area contributed by atoms with Crippen molar-refractivity contribution in [2.45, 2.75) is 4.90 Å². The number of allylic oxidation sites excluding steroid dienone is 2. The summed E-state index contributed by atoms with van der Waals surface area (Å²) in [7, 11) is 1.51. The summed E-state index contributed by atoms with van der Waals surface area (Å²) >= 11 is 3.12. The zero-order chi connectivity index (χ0) is 13.7. The smallest absolute Gasteiger partial charge is 0.140 e. The largest absolute Gasteiger partial charge is 0.398 e. The lowest BCUT2D eigenvalue weighted by atomic mass is 10.1. The van der Waals surface area contributed by atoms with Gasteiger partial charge in [0.15, 0.2) is 0 Å². The van der Waals surface area contributed by atoms with Crippen LogP contribution >= 0.6 is 23.5 Å². The summed E-state index contributed by atoms with van der Waals surface area (Å²) in [5.74, 6) is 0. The summed E-state index contributed by atoms with van der Waals surface area (Å²) in [5.41, 5.74) is 1.58. The summed E-state index contributed by atoms with van der Waals surface area (Å²) in [6.07, 6.45) is 5.77. The molecular weight excluding hydrogens is 276 g/mol. The summed E-state index contributed by atoms with van der Waals surface area (Å²) in [4.78, 5) is 6.81. The van der Waals surface area contributed by atoms with Crippen molar-refractivity contribution in [3.8, 4) is 6.07 Å². The maximum atomic E-state index is 9.35. The van der Waals surface area contributed by atoms with Crippen LogP contribution in [0.5, 0.6) is 0 Å². The van der Waals surface area contributed by atoms with E-state index >= 15 is 0 Å². The molecule has 1 aliphatic heterocycles. The van der Waals surface area contributed by atoms with E-state index in [1.54, 1.807) is 11.8 Å². The molecule has 0 saturated heterocycles. The highest BCUT2D eigenvalue weighted by molar-refractivity contribution is 8.18. The predicted octanol–water partition coefficient (Wildman–Crippen LogP) is 3.91. The quantitative estimate of drug-likeness (QED) is 0.480. The van der Waals surface area contributed by atoms with Crippen LogP contribution in [-0.4, -0.2) is 18.4 Å². The summed E-state index contributed by atoms with van der Waals surface area (Å²) in [6, 6.07) is 10.2. The molecule has 1 aromatic carbocycles. The third-order valence-electron chi connectivity index (χ3n) is 2.51. The zero-order valence-corrected chi connectivity index (χ0v) is 12.2. The van der Waals surface area contributed by atoms with Crippen molar-refractivity contribution in [1.29, 1.82) is 5.26 Å². The first kappa shape index (κ1) is 13.8. The molecule has 5 heteroatoms. The number of oxime groups is 1. The molecular formula is C14H12N2OS2. The first-order valence-corrected chi connectivity index (χ1v) is 7.58. The van der Waals surface area contributed by atoms with Crippen molar-refractivity contribution in [2.24, 2.45) is 5.16 Å². The van der Waals surface area contributed by atoms with Crippen LogP contribution < -0.4 is 0 Å². The third kappa shape index (κ3) is 3.22. The average Bonchev–Trinajstić information content (AvgIpc) is 2.89. The Bertz CT molecular complexity index is 595. The van der Waals surface area contributed by atoms with Gasteiger partial charge >= 0.3 is 0 Å². The number of nitriles is 1. The Kier molecular flexibility index (Phi) is 4.72. The van der Waals surface area contributed by atoms with Gasteiger partial charge in [0.2, 0.25) is 0 Å². The highest BCUT2D eigenvalue weighted by atomic mass is 32.2. The normalized spacial score (nSPS) is 18.5. The van der Waals surface area contributed by atoms with Crippen molar-refractivity contribution < 1.29 is 4.84 Å². The molecule has 0 fully saturated rings. The van der Waals surface area contributed by atoms with Crippen LogP contribution in [-0.2, 0) is 4.84 Å². The van der Waals surface area contributed by atoms with Crippen LogP contribution in [0.2, 0.25) is 0 Å². The van der Waals surface area contributed by atoms with Gasteiger partial charge in [-0.15, -0.1) is 11.8 Å². The molecule has 1 aliphatic rings. The molecule has 19 heavy (non-hydrogen) atoms. The van der Waals surface area contributed by atoms with E-state index in [-0.39, 0.29) is 0 Å². The lowest BCUT2D eigenvalue weighted by Crippen LogP contribution is -1.86. The minimum atomic E-state index is 0.662. The second-order valence-corrected chi connectivity index (χ2v) is 5.57. The Labute approximate surface area is 121 Å². The molecule has 0 aliphatic carbocycles. The van der Waals surface area contributed by atoms with Gasteiger partial charge in [0.25, 0.3) is 0 Å². The SMILES string of the molecule is CON=C1C=C/C(=C(\C#N)c2ccc(SC)cc2)S1. The highest BCUT2D eigenvalue weighted by Gasteiger charge is 2.15. The van der Waals surface area contributed by atoms with Crippen LogP contribution in [0.25, 0.3) is 5.57 Å². The Morgan fingerprint density at radius 3 is 2.63 bits per heavy atom. The standard InChI is InChI=1S/C14H12N2OS2/c1-17-16-14-8-7-13(19-14)12(9-15)10-3-5-11(18-2)6-4-10/h3-8H,1-2H3/b13-12-,16-14?. The first-order valence-electron chi connectivity index (χ1n) is 5.54. The van der Waals surface area contributed by atoms with E-state index in [2.05, 4.69) is 11.2 Å². The number of hydrogen-bond acceptors (Lipinski definition) is 5. The number of hydrogen-bond donors (Lipinski definition) is 0. The molecule has 0 N–H and O–H groups in total. The molecule has 0 bridgehead atoms. The van der Waals surface area contributed by atoms with E-state index in [0.29, 0.717) is 5.57 Å². The van der Waals surface area contributed by atoms with Crippen molar-refractivity contribution in [3.05, 3.63) is 46.9 Å². The minimum Gasteiger partial charge on any atom is -0.398 e. The maximum Gasteiger partial charge on any atom is 0.140 e. The van der Waals surface area contributed by atoms with Gasteiger partial charge < -0.3 is 4.84 Å². The average molecular weight is 288 g/mol. The maximum absolute atomic E-state index is 9.35. The number of nitrogens with zero attached hydrogens (tertiary/aromatic N) is 2. The molecule has 3 nitrogen and oxygen atoms in total. The lowest BCUT2D eigenvalue weighted by Gasteiger charge is -2.03. The van der Waals surface area contributed by atoms with Gasteiger partial charge in [0, 0.05) is 9.80 Å². The van der Waals surface area contributed by atoms with Crippen LogP contribution in [0.15, 0.2) is 51.4 Å². The molecule has 0 atom stereocenters. The fraction of sp³-hybridized carbons (Fsp3) is 0.143. The topological polar surface area (TPSA) is 45.4 Å². The minimum absolute atomic E-state index is 0.662. The van der Waals surface area contributed by atoms with Crippen molar-refractivity contribution in [1.82, 2.24) is 0 Å². The molecule has 1 aromatic rings. The molecule has 2 rings (SSSR count). The van der Waals surface area contributed by atoms with E-state index in [1.165, 1.54) is 23.8 Å². The van der Waals surface area contributed by atoms with Gasteiger partial charge in [-0.05, 0) is 36.1 Å². The molecule has 0 spiro atoms. The summed E-state index contributed by atoms with van der Waals surface area (Å²) < 4.78 is 0. The van der Waals surface area contributed by atoms with Gasteiger partial charge in [0.05, 0.1) is 5.57 Å². The molecule has 0 amide bonds. The van der Waals surface area contributed by atoms with E-state index in [1.807, 2.05) is 42.7 Å². The van der Waals surface area contributed by atoms with Crippen LogP contribution in [0.4, 0.5) is 0 Å². The summed E-state index contributed by atoms with van der Waals surface area (Å²) in [6.45, 7) is 0. The summed E-state index contributed by atoms with van der Waals surface area (Å²) in [5, 5.41) is 14.0. The van der Waals surface area contributed by atoms with Crippen LogP contribution in [0, 0.1) is 11.3 Å². The molecule has 0 radical (unpaired) electrons. The van der Waals surface area contributed by atoms with E-state index in [9.17, 15) is 5.26 Å². The second kappa shape index (κ2) is 6.50. The highest BCUT2D eigenvalue weighted by Crippen LogP contribution is 2.34. The van der Waals surface area contributed by atoms with Gasteiger partial charge in [-0.2, -0.15) is 5.26 Å². The van der Waals surface area contributed by atoms with E-state index < -0.39 is 0 Å². The Morgan fingerprint density at radius 1 is 1.32 bits per heavy atom. The van der Waals surface area contributed by atoms with Crippen LogP contribution in [0.3, 0.4) is 0 Å². The van der Waals surface area contributed by atoms with Gasteiger partial charge in [-0.25, -0.2) is 0 Å². The number of thioether (sulfide) groups is 2. The monoisotopic (exact) mass is 288 g/mol. The molecule has 96 valence electrons. The second-order valence-electron chi connectivity index (χ2n) is 3.63. The fourth-order valence-corrected chi connectivity index (χ4v) is 2.90.